The van der Waals surface area contributed by atoms with E-state index >= 15 is 0 Å². The lowest BCUT2D eigenvalue weighted by atomic mass is 9.43. The molecule has 0 unspecified atom stereocenters. The fourth-order valence-corrected chi connectivity index (χ4v) is 9.56. The number of fused-ring (bicyclic) bond motifs is 6. The Hall–Kier alpha value is -1.29. The van der Waals surface area contributed by atoms with Gasteiger partial charge in [0.1, 0.15) is 0 Å². The molecule has 0 saturated heterocycles. The van der Waals surface area contributed by atoms with Crippen LogP contribution >= 0.6 is 0 Å². The van der Waals surface area contributed by atoms with Crippen LogP contribution in [0.15, 0.2) is 16.7 Å². The lowest BCUT2D eigenvalue weighted by Gasteiger charge is -2.62. The van der Waals surface area contributed by atoms with Crippen molar-refractivity contribution in [3.05, 3.63) is 23.7 Å². The number of hydrogen-bond acceptors (Lipinski definition) is 4. The SMILES string of the molecule is CC(=O)O[C@H]1c2occc2[C@@H](O)C[C@H]2[C@]3(C)CC[C@H]4C(C)(C)CCC[C@]4(C)[C@H]3C[C@@]21C. The van der Waals surface area contributed by atoms with Gasteiger partial charge in [0.2, 0.25) is 0 Å². The molecule has 0 amide bonds. The van der Waals surface area contributed by atoms with E-state index in [2.05, 4.69) is 34.6 Å². The van der Waals surface area contributed by atoms with Gasteiger partial charge in [-0.3, -0.25) is 4.79 Å². The molecule has 0 spiro atoms. The summed E-state index contributed by atoms with van der Waals surface area (Å²) in [5.74, 6) is 1.98. The van der Waals surface area contributed by atoms with Gasteiger partial charge in [-0.25, -0.2) is 0 Å². The van der Waals surface area contributed by atoms with E-state index in [1.54, 1.807) is 6.26 Å². The summed E-state index contributed by atoms with van der Waals surface area (Å²) in [5, 5.41) is 11.2. The molecule has 4 heteroatoms. The molecular formula is C27H40O4. The van der Waals surface area contributed by atoms with E-state index < -0.39 is 12.2 Å². The van der Waals surface area contributed by atoms with E-state index in [4.69, 9.17) is 9.15 Å². The summed E-state index contributed by atoms with van der Waals surface area (Å²) in [6.07, 6.45) is 8.76. The summed E-state index contributed by atoms with van der Waals surface area (Å²) < 4.78 is 11.9. The maximum Gasteiger partial charge on any atom is 0.303 e. The summed E-state index contributed by atoms with van der Waals surface area (Å²) >= 11 is 0. The van der Waals surface area contributed by atoms with Crippen molar-refractivity contribution in [2.75, 3.05) is 0 Å². The molecule has 0 radical (unpaired) electrons. The van der Waals surface area contributed by atoms with Gasteiger partial charge in [0.15, 0.2) is 11.9 Å². The Morgan fingerprint density at radius 3 is 2.45 bits per heavy atom. The molecule has 1 N–H and O–H groups in total. The second-order valence-corrected chi connectivity index (χ2v) is 12.7. The Kier molecular flexibility index (Phi) is 4.60. The third-order valence-electron chi connectivity index (χ3n) is 10.7. The van der Waals surface area contributed by atoms with Crippen LogP contribution in [0.5, 0.6) is 0 Å². The number of aliphatic hydroxyl groups excluding tert-OH is 1. The molecule has 31 heavy (non-hydrogen) atoms. The van der Waals surface area contributed by atoms with Crippen molar-refractivity contribution in [1.29, 1.82) is 0 Å². The molecular weight excluding hydrogens is 388 g/mol. The minimum atomic E-state index is -0.567. The van der Waals surface area contributed by atoms with Crippen LogP contribution in [0.25, 0.3) is 0 Å². The molecule has 5 rings (SSSR count). The van der Waals surface area contributed by atoms with Crippen LogP contribution in [0.3, 0.4) is 0 Å². The number of furan rings is 1. The van der Waals surface area contributed by atoms with Crippen LogP contribution < -0.4 is 0 Å². The largest absolute Gasteiger partial charge is 0.465 e. The maximum atomic E-state index is 12.2. The molecule has 0 aromatic carbocycles. The second kappa shape index (κ2) is 6.62. The van der Waals surface area contributed by atoms with Gasteiger partial charge in [-0.2, -0.15) is 0 Å². The van der Waals surface area contributed by atoms with Crippen LogP contribution in [0.4, 0.5) is 0 Å². The summed E-state index contributed by atoms with van der Waals surface area (Å²) in [7, 11) is 0. The van der Waals surface area contributed by atoms with E-state index in [0.717, 1.165) is 24.3 Å². The molecule has 4 aliphatic rings. The smallest absolute Gasteiger partial charge is 0.303 e. The van der Waals surface area contributed by atoms with Gasteiger partial charge in [0.05, 0.1) is 12.4 Å². The normalized spacial score (nSPS) is 48.0. The number of rotatable bonds is 1. The first kappa shape index (κ1) is 21.6. The highest BCUT2D eigenvalue weighted by molar-refractivity contribution is 5.66. The predicted octanol–water partition coefficient (Wildman–Crippen LogP) is 6.60. The second-order valence-electron chi connectivity index (χ2n) is 12.7. The van der Waals surface area contributed by atoms with E-state index in [9.17, 15) is 9.90 Å². The average molecular weight is 429 g/mol. The highest BCUT2D eigenvalue weighted by Gasteiger charge is 2.70. The molecule has 3 fully saturated rings. The molecule has 1 aromatic rings. The van der Waals surface area contributed by atoms with Crippen molar-refractivity contribution in [3.8, 4) is 0 Å². The van der Waals surface area contributed by atoms with Gasteiger partial charge in [-0.05, 0) is 78.6 Å². The van der Waals surface area contributed by atoms with Gasteiger partial charge in [0, 0.05) is 17.9 Å². The van der Waals surface area contributed by atoms with E-state index in [-0.39, 0.29) is 22.7 Å². The molecule has 1 heterocycles. The van der Waals surface area contributed by atoms with Crippen LogP contribution in [0, 0.1) is 39.4 Å². The van der Waals surface area contributed by atoms with Gasteiger partial charge in [-0.15, -0.1) is 0 Å². The Morgan fingerprint density at radius 2 is 1.74 bits per heavy atom. The number of carbonyl (C=O) groups is 1. The first-order valence-corrected chi connectivity index (χ1v) is 12.4. The molecule has 0 aliphatic heterocycles. The quantitative estimate of drug-likeness (QED) is 0.512. The minimum Gasteiger partial charge on any atom is -0.465 e. The molecule has 0 bridgehead atoms. The standard InChI is InChI=1S/C27H40O4/c1-16(28)31-23-22-17(9-13-30-22)18(29)14-20-26(5)12-8-19-24(2,3)10-7-11-25(19,4)21(26)15-27(20,23)6/h9,13,18-21,23,29H,7-8,10-12,14-15H2,1-6H3/t18-,19-,20-,21+,23-,25-,26-,27-/m0/s1. The van der Waals surface area contributed by atoms with Gasteiger partial charge in [0.25, 0.3) is 0 Å². The zero-order valence-corrected chi connectivity index (χ0v) is 20.2. The molecule has 8 atom stereocenters. The summed E-state index contributed by atoms with van der Waals surface area (Å²) in [6, 6.07) is 1.86. The predicted molar refractivity (Wildman–Crippen MR) is 119 cm³/mol. The summed E-state index contributed by atoms with van der Waals surface area (Å²) in [5.41, 5.74) is 1.37. The van der Waals surface area contributed by atoms with Gasteiger partial charge < -0.3 is 14.3 Å². The van der Waals surface area contributed by atoms with Gasteiger partial charge >= 0.3 is 5.97 Å². The third-order valence-corrected chi connectivity index (χ3v) is 10.7. The average Bonchev–Trinajstić information content (AvgIpc) is 3.21. The molecule has 3 saturated carbocycles. The Labute approximate surface area is 187 Å². The van der Waals surface area contributed by atoms with Crippen molar-refractivity contribution in [1.82, 2.24) is 0 Å². The first-order valence-electron chi connectivity index (χ1n) is 12.4. The third kappa shape index (κ3) is 2.79. The molecule has 4 nitrogen and oxygen atoms in total. The minimum absolute atomic E-state index is 0.135. The Balaban J connectivity index is 1.64. The zero-order chi connectivity index (χ0) is 22.4. The van der Waals surface area contributed by atoms with Crippen LogP contribution in [0.1, 0.15) is 110 Å². The number of carbonyl (C=O) groups excluding carboxylic acids is 1. The fourth-order valence-electron chi connectivity index (χ4n) is 9.56. The van der Waals surface area contributed by atoms with Crippen LogP contribution in [-0.2, 0) is 9.53 Å². The van der Waals surface area contributed by atoms with Crippen molar-refractivity contribution in [2.45, 2.75) is 98.7 Å². The van der Waals surface area contributed by atoms with Crippen LogP contribution in [-0.4, -0.2) is 11.1 Å². The lowest BCUT2D eigenvalue weighted by molar-refractivity contribution is -0.159. The summed E-state index contributed by atoms with van der Waals surface area (Å²) in [6.45, 7) is 13.8. The van der Waals surface area contributed by atoms with E-state index in [1.807, 2.05) is 6.07 Å². The number of hydrogen-bond donors (Lipinski definition) is 1. The van der Waals surface area contributed by atoms with Crippen molar-refractivity contribution < 1.29 is 19.1 Å². The highest BCUT2D eigenvalue weighted by Crippen LogP contribution is 2.76. The lowest BCUT2D eigenvalue weighted by Crippen LogP contribution is -2.54. The van der Waals surface area contributed by atoms with Crippen molar-refractivity contribution >= 4 is 5.97 Å². The maximum absolute atomic E-state index is 12.2. The number of esters is 1. The Morgan fingerprint density at radius 1 is 1.03 bits per heavy atom. The van der Waals surface area contributed by atoms with E-state index in [0.29, 0.717) is 22.5 Å². The number of aliphatic hydroxyl groups is 1. The van der Waals surface area contributed by atoms with Crippen molar-refractivity contribution in [3.63, 3.8) is 0 Å². The zero-order valence-electron chi connectivity index (χ0n) is 20.2. The summed E-state index contributed by atoms with van der Waals surface area (Å²) in [4.78, 5) is 12.2. The topological polar surface area (TPSA) is 59.7 Å². The van der Waals surface area contributed by atoms with Gasteiger partial charge in [-0.1, -0.05) is 41.0 Å². The molecule has 1 aromatic heterocycles. The first-order chi connectivity index (χ1) is 14.4. The highest BCUT2D eigenvalue weighted by atomic mass is 16.6. The molecule has 172 valence electrons. The fraction of sp³-hybridized carbons (Fsp3) is 0.815. The molecule has 4 aliphatic carbocycles. The number of ether oxygens (including phenoxy) is 1. The van der Waals surface area contributed by atoms with Crippen LogP contribution in [0.2, 0.25) is 0 Å². The monoisotopic (exact) mass is 428 g/mol. The van der Waals surface area contributed by atoms with E-state index in [1.165, 1.54) is 39.0 Å². The Bertz CT molecular complexity index is 886. The van der Waals surface area contributed by atoms with Crippen molar-refractivity contribution in [2.24, 2.45) is 39.4 Å².